The first kappa shape index (κ1) is 9.15. The van der Waals surface area contributed by atoms with E-state index in [-0.39, 0.29) is 6.10 Å². The van der Waals surface area contributed by atoms with Crippen molar-refractivity contribution in [1.29, 1.82) is 0 Å². The molecule has 2 unspecified atom stereocenters. The van der Waals surface area contributed by atoms with Crippen LogP contribution in [0.25, 0.3) is 0 Å². The molecular formula is C9H12O3S. The van der Waals surface area contributed by atoms with E-state index in [9.17, 15) is 5.11 Å². The summed E-state index contributed by atoms with van der Waals surface area (Å²) < 4.78 is 10.6. The summed E-state index contributed by atoms with van der Waals surface area (Å²) in [6, 6.07) is 3.83. The molecule has 2 heterocycles. The normalized spacial score (nSPS) is 25.8. The molecule has 4 heteroatoms. The van der Waals surface area contributed by atoms with Crippen molar-refractivity contribution in [2.75, 3.05) is 19.8 Å². The van der Waals surface area contributed by atoms with Crippen LogP contribution in [-0.4, -0.2) is 31.0 Å². The summed E-state index contributed by atoms with van der Waals surface area (Å²) in [5, 5.41) is 11.8. The third-order valence-electron chi connectivity index (χ3n) is 2.03. The predicted octanol–water partition coefficient (Wildman–Crippen LogP) is 1.20. The zero-order valence-corrected chi connectivity index (χ0v) is 8.00. The van der Waals surface area contributed by atoms with Crippen LogP contribution in [0, 0.1) is 0 Å². The van der Waals surface area contributed by atoms with Crippen LogP contribution in [0.4, 0.5) is 0 Å². The maximum Gasteiger partial charge on any atom is 0.116 e. The molecule has 1 fully saturated rings. The maximum absolute atomic E-state index is 9.84. The van der Waals surface area contributed by atoms with Gasteiger partial charge in [0.15, 0.2) is 0 Å². The summed E-state index contributed by atoms with van der Waals surface area (Å²) in [5.41, 5.74) is 0. The summed E-state index contributed by atoms with van der Waals surface area (Å²) in [5.74, 6) is 0. The Labute approximate surface area is 80.9 Å². The van der Waals surface area contributed by atoms with Crippen molar-refractivity contribution in [2.24, 2.45) is 0 Å². The molecule has 3 nitrogen and oxygen atoms in total. The molecule has 1 aliphatic heterocycles. The molecule has 0 radical (unpaired) electrons. The zero-order chi connectivity index (χ0) is 9.10. The van der Waals surface area contributed by atoms with Crippen LogP contribution in [-0.2, 0) is 9.47 Å². The standard InChI is InChI=1S/C9H12O3S/c10-9(8-2-1-5-13-8)7-6-11-3-4-12-7/h1-2,5,7,9-10H,3-4,6H2. The van der Waals surface area contributed by atoms with Crippen LogP contribution in [0.3, 0.4) is 0 Å². The number of rotatable bonds is 2. The van der Waals surface area contributed by atoms with Crippen molar-refractivity contribution in [2.45, 2.75) is 12.2 Å². The average Bonchev–Trinajstić information content (AvgIpc) is 2.71. The molecule has 1 aromatic rings. The summed E-state index contributed by atoms with van der Waals surface area (Å²) in [4.78, 5) is 0.940. The summed E-state index contributed by atoms with van der Waals surface area (Å²) in [6.45, 7) is 1.69. The Bertz CT molecular complexity index is 241. The Balaban J connectivity index is 1.99. The Hall–Kier alpha value is -0.420. The van der Waals surface area contributed by atoms with Gasteiger partial charge in [-0.1, -0.05) is 6.07 Å². The van der Waals surface area contributed by atoms with Crippen LogP contribution in [0.15, 0.2) is 17.5 Å². The fourth-order valence-electron chi connectivity index (χ4n) is 1.33. The van der Waals surface area contributed by atoms with E-state index in [0.717, 1.165) is 4.88 Å². The molecule has 2 atom stereocenters. The maximum atomic E-state index is 9.84. The van der Waals surface area contributed by atoms with Crippen molar-refractivity contribution in [3.8, 4) is 0 Å². The van der Waals surface area contributed by atoms with Gasteiger partial charge in [-0.3, -0.25) is 0 Å². The van der Waals surface area contributed by atoms with E-state index in [4.69, 9.17) is 9.47 Å². The molecular weight excluding hydrogens is 188 g/mol. The SMILES string of the molecule is OC(c1cccs1)C1COCCO1. The van der Waals surface area contributed by atoms with E-state index < -0.39 is 6.10 Å². The van der Waals surface area contributed by atoms with Gasteiger partial charge in [0.25, 0.3) is 0 Å². The molecule has 1 aromatic heterocycles. The predicted molar refractivity (Wildman–Crippen MR) is 49.8 cm³/mol. The van der Waals surface area contributed by atoms with Gasteiger partial charge in [0.05, 0.1) is 19.8 Å². The van der Waals surface area contributed by atoms with E-state index in [1.807, 2.05) is 17.5 Å². The van der Waals surface area contributed by atoms with Gasteiger partial charge in [0.2, 0.25) is 0 Å². The van der Waals surface area contributed by atoms with Crippen molar-refractivity contribution >= 4 is 11.3 Å². The highest BCUT2D eigenvalue weighted by Crippen LogP contribution is 2.24. The highest BCUT2D eigenvalue weighted by Gasteiger charge is 2.24. The van der Waals surface area contributed by atoms with Gasteiger partial charge in [-0.25, -0.2) is 0 Å². The van der Waals surface area contributed by atoms with Crippen LogP contribution in [0.5, 0.6) is 0 Å². The second-order valence-corrected chi connectivity index (χ2v) is 3.92. The lowest BCUT2D eigenvalue weighted by atomic mass is 10.2. The molecule has 0 aromatic carbocycles. The van der Waals surface area contributed by atoms with Crippen molar-refractivity contribution in [3.63, 3.8) is 0 Å². The van der Waals surface area contributed by atoms with E-state index in [2.05, 4.69) is 0 Å². The van der Waals surface area contributed by atoms with Gasteiger partial charge in [0, 0.05) is 4.88 Å². The highest BCUT2D eigenvalue weighted by atomic mass is 32.1. The third kappa shape index (κ3) is 2.08. The summed E-state index contributed by atoms with van der Waals surface area (Å²) >= 11 is 1.54. The number of aliphatic hydroxyl groups excluding tert-OH is 1. The van der Waals surface area contributed by atoms with Gasteiger partial charge in [-0.2, -0.15) is 0 Å². The summed E-state index contributed by atoms with van der Waals surface area (Å²) in [6.07, 6.45) is -0.743. The molecule has 13 heavy (non-hydrogen) atoms. The molecule has 72 valence electrons. The monoisotopic (exact) mass is 200 g/mol. The molecule has 0 spiro atoms. The fraction of sp³-hybridized carbons (Fsp3) is 0.556. The first-order valence-corrected chi connectivity index (χ1v) is 5.17. The van der Waals surface area contributed by atoms with Gasteiger partial charge in [0.1, 0.15) is 12.2 Å². The van der Waals surface area contributed by atoms with E-state index >= 15 is 0 Å². The zero-order valence-electron chi connectivity index (χ0n) is 7.18. The quantitative estimate of drug-likeness (QED) is 0.779. The number of hydrogen-bond donors (Lipinski definition) is 1. The molecule has 1 N–H and O–H groups in total. The van der Waals surface area contributed by atoms with Crippen LogP contribution >= 0.6 is 11.3 Å². The average molecular weight is 200 g/mol. The van der Waals surface area contributed by atoms with Crippen molar-refractivity contribution in [3.05, 3.63) is 22.4 Å². The highest BCUT2D eigenvalue weighted by molar-refractivity contribution is 7.10. The van der Waals surface area contributed by atoms with E-state index in [1.54, 1.807) is 0 Å². The number of thiophene rings is 1. The Morgan fingerprint density at radius 1 is 1.54 bits per heavy atom. The Morgan fingerprint density at radius 3 is 3.08 bits per heavy atom. The second-order valence-electron chi connectivity index (χ2n) is 2.94. The molecule has 1 aliphatic rings. The first-order chi connectivity index (χ1) is 6.38. The lowest BCUT2D eigenvalue weighted by molar-refractivity contribution is -0.132. The molecule has 0 aliphatic carbocycles. The largest absolute Gasteiger partial charge is 0.385 e. The van der Waals surface area contributed by atoms with Gasteiger partial charge >= 0.3 is 0 Å². The lowest BCUT2D eigenvalue weighted by Gasteiger charge is -2.26. The molecule has 0 saturated carbocycles. The topological polar surface area (TPSA) is 38.7 Å². The van der Waals surface area contributed by atoms with Gasteiger partial charge in [-0.15, -0.1) is 11.3 Å². The second kappa shape index (κ2) is 4.19. The van der Waals surface area contributed by atoms with E-state index in [0.29, 0.717) is 19.8 Å². The fourth-order valence-corrected chi connectivity index (χ4v) is 2.09. The first-order valence-electron chi connectivity index (χ1n) is 4.29. The minimum Gasteiger partial charge on any atom is -0.385 e. The Kier molecular flexibility index (Phi) is 2.95. The molecule has 2 rings (SSSR count). The molecule has 1 saturated heterocycles. The number of ether oxygens (including phenoxy) is 2. The lowest BCUT2D eigenvalue weighted by Crippen LogP contribution is -2.33. The van der Waals surface area contributed by atoms with E-state index in [1.165, 1.54) is 11.3 Å². The van der Waals surface area contributed by atoms with Crippen molar-refractivity contribution < 1.29 is 14.6 Å². The smallest absolute Gasteiger partial charge is 0.116 e. The molecule has 0 bridgehead atoms. The number of hydrogen-bond acceptors (Lipinski definition) is 4. The summed E-state index contributed by atoms with van der Waals surface area (Å²) in [7, 11) is 0. The van der Waals surface area contributed by atoms with Crippen LogP contribution in [0.2, 0.25) is 0 Å². The van der Waals surface area contributed by atoms with Crippen LogP contribution in [0.1, 0.15) is 11.0 Å². The third-order valence-corrected chi connectivity index (χ3v) is 2.97. The number of aliphatic hydroxyl groups is 1. The minimum absolute atomic E-state index is 0.201. The van der Waals surface area contributed by atoms with Gasteiger partial charge < -0.3 is 14.6 Å². The molecule has 0 amide bonds. The van der Waals surface area contributed by atoms with Crippen molar-refractivity contribution in [1.82, 2.24) is 0 Å². The Morgan fingerprint density at radius 2 is 2.46 bits per heavy atom. The van der Waals surface area contributed by atoms with Crippen LogP contribution < -0.4 is 0 Å². The minimum atomic E-state index is -0.541. The van der Waals surface area contributed by atoms with Gasteiger partial charge in [-0.05, 0) is 11.4 Å².